The van der Waals surface area contributed by atoms with E-state index in [1.807, 2.05) is 0 Å². The molecule has 1 rings (SSSR count). The zero-order chi connectivity index (χ0) is 8.43. The van der Waals surface area contributed by atoms with E-state index in [4.69, 9.17) is 0 Å². The maximum atomic E-state index is 12.7. The van der Waals surface area contributed by atoms with Gasteiger partial charge in [0.1, 0.15) is 16.5 Å². The molecule has 0 amide bonds. The highest BCUT2D eigenvalue weighted by molar-refractivity contribution is 7.84. The second kappa shape index (κ2) is 3.09. The summed E-state index contributed by atoms with van der Waals surface area (Å²) >= 11 is 0. The third kappa shape index (κ3) is 1.63. The summed E-state index contributed by atoms with van der Waals surface area (Å²) in [5.74, 6) is -1.52. The van der Waals surface area contributed by atoms with Gasteiger partial charge in [0.25, 0.3) is 0 Å². The Morgan fingerprint density at radius 1 is 1.27 bits per heavy atom. The van der Waals surface area contributed by atoms with Crippen molar-refractivity contribution in [2.45, 2.75) is 4.90 Å². The van der Waals surface area contributed by atoms with Crippen LogP contribution in [0.15, 0.2) is 23.1 Å². The Labute approximate surface area is 65.5 Å². The van der Waals surface area contributed by atoms with Gasteiger partial charge in [-0.05, 0) is 12.1 Å². The van der Waals surface area contributed by atoms with Crippen LogP contribution in [0, 0.1) is 11.6 Å². The van der Waals surface area contributed by atoms with Gasteiger partial charge in [0.2, 0.25) is 0 Å². The van der Waals surface area contributed by atoms with Crippen LogP contribution in [0.4, 0.5) is 8.78 Å². The first-order chi connectivity index (χ1) is 5.13. The smallest absolute Gasteiger partial charge is 0.142 e. The summed E-state index contributed by atoms with van der Waals surface area (Å²) in [7, 11) is -1.60. The third-order valence-corrected chi connectivity index (χ3v) is 2.17. The lowest BCUT2D eigenvalue weighted by molar-refractivity contribution is 0.535. The quantitative estimate of drug-likeness (QED) is 0.636. The highest BCUT2D eigenvalue weighted by atomic mass is 32.2. The summed E-state index contributed by atoms with van der Waals surface area (Å²) in [4.78, 5) is -0.354. The summed E-state index contributed by atoms with van der Waals surface area (Å²) in [5, 5.41) is 0. The first kappa shape index (κ1) is 8.33. The van der Waals surface area contributed by atoms with Crippen LogP contribution in [0.5, 0.6) is 0 Å². The highest BCUT2D eigenvalue weighted by Gasteiger charge is 2.10. The first-order valence-electron chi connectivity index (χ1n) is 2.90. The van der Waals surface area contributed by atoms with Gasteiger partial charge in [-0.1, -0.05) is 6.07 Å². The molecule has 11 heavy (non-hydrogen) atoms. The number of rotatable bonds is 1. The average Bonchev–Trinajstić information content (AvgIpc) is 1.85. The molecule has 1 aromatic rings. The summed E-state index contributed by atoms with van der Waals surface area (Å²) < 4.78 is 36.1. The largest absolute Gasteiger partial charge is 0.254 e. The molecule has 0 aliphatic heterocycles. The topological polar surface area (TPSA) is 17.1 Å². The van der Waals surface area contributed by atoms with Crippen molar-refractivity contribution >= 4 is 10.8 Å². The van der Waals surface area contributed by atoms with Crippen molar-refractivity contribution < 1.29 is 13.0 Å². The Hall–Kier alpha value is -0.770. The van der Waals surface area contributed by atoms with Crippen LogP contribution in [-0.4, -0.2) is 10.5 Å². The molecular weight excluding hydrogens is 170 g/mol. The fourth-order valence-corrected chi connectivity index (χ4v) is 1.44. The van der Waals surface area contributed by atoms with Crippen molar-refractivity contribution in [1.82, 2.24) is 0 Å². The minimum atomic E-state index is -1.60. The number of benzene rings is 1. The van der Waals surface area contributed by atoms with Gasteiger partial charge in [0.15, 0.2) is 0 Å². The minimum absolute atomic E-state index is 0.354. The van der Waals surface area contributed by atoms with Gasteiger partial charge in [0, 0.05) is 6.26 Å². The zero-order valence-electron chi connectivity index (χ0n) is 5.80. The van der Waals surface area contributed by atoms with E-state index in [9.17, 15) is 13.0 Å². The van der Waals surface area contributed by atoms with E-state index in [-0.39, 0.29) is 4.90 Å². The van der Waals surface area contributed by atoms with E-state index in [0.29, 0.717) is 0 Å². The molecule has 0 aliphatic carbocycles. The molecule has 0 fully saturated rings. The lowest BCUT2D eigenvalue weighted by atomic mass is 10.3. The van der Waals surface area contributed by atoms with Gasteiger partial charge in [-0.2, -0.15) is 0 Å². The molecule has 0 saturated heterocycles. The second-order valence-electron chi connectivity index (χ2n) is 2.00. The standard InChI is InChI=1S/C7H6F2OS/c1-11(10)7-5(8)3-2-4-6(7)9/h2-4H,1H3. The Morgan fingerprint density at radius 3 is 2.00 bits per heavy atom. The Kier molecular flexibility index (Phi) is 2.34. The van der Waals surface area contributed by atoms with Crippen LogP contribution in [0.1, 0.15) is 0 Å². The summed E-state index contributed by atoms with van der Waals surface area (Å²) in [5.41, 5.74) is 0. The number of halogens is 2. The van der Waals surface area contributed by atoms with Crippen LogP contribution >= 0.6 is 0 Å². The molecule has 60 valence electrons. The fourth-order valence-electron chi connectivity index (χ4n) is 0.757. The van der Waals surface area contributed by atoms with Gasteiger partial charge >= 0.3 is 0 Å². The minimum Gasteiger partial charge on any atom is -0.254 e. The molecule has 0 N–H and O–H groups in total. The molecule has 0 aromatic heterocycles. The van der Waals surface area contributed by atoms with Crippen LogP contribution in [0.25, 0.3) is 0 Å². The van der Waals surface area contributed by atoms with Crippen LogP contribution in [0.2, 0.25) is 0 Å². The average molecular weight is 176 g/mol. The van der Waals surface area contributed by atoms with Gasteiger partial charge in [-0.15, -0.1) is 0 Å². The first-order valence-corrected chi connectivity index (χ1v) is 4.46. The van der Waals surface area contributed by atoms with Crippen molar-refractivity contribution in [1.29, 1.82) is 0 Å². The molecule has 0 aliphatic rings. The van der Waals surface area contributed by atoms with Gasteiger partial charge < -0.3 is 0 Å². The molecule has 0 saturated carbocycles. The maximum absolute atomic E-state index is 12.7. The zero-order valence-corrected chi connectivity index (χ0v) is 6.62. The van der Waals surface area contributed by atoms with Crippen LogP contribution < -0.4 is 0 Å². The monoisotopic (exact) mass is 176 g/mol. The van der Waals surface area contributed by atoms with Crippen molar-refractivity contribution in [3.63, 3.8) is 0 Å². The van der Waals surface area contributed by atoms with E-state index >= 15 is 0 Å². The van der Waals surface area contributed by atoms with Crippen LogP contribution in [0.3, 0.4) is 0 Å². The summed E-state index contributed by atoms with van der Waals surface area (Å²) in [6, 6.07) is 3.40. The predicted octanol–water partition coefficient (Wildman–Crippen LogP) is 1.70. The van der Waals surface area contributed by atoms with Crippen molar-refractivity contribution in [2.24, 2.45) is 0 Å². The summed E-state index contributed by atoms with van der Waals surface area (Å²) in [6.45, 7) is 0. The van der Waals surface area contributed by atoms with E-state index in [1.54, 1.807) is 0 Å². The third-order valence-electron chi connectivity index (χ3n) is 1.21. The number of hydrogen-bond acceptors (Lipinski definition) is 1. The lowest BCUT2D eigenvalue weighted by Crippen LogP contribution is -1.96. The SMILES string of the molecule is CS(=O)c1c(F)cccc1F. The molecule has 1 atom stereocenters. The molecule has 4 heteroatoms. The molecule has 0 spiro atoms. The Bertz CT molecular complexity index is 278. The molecule has 0 heterocycles. The van der Waals surface area contributed by atoms with Crippen LogP contribution in [-0.2, 0) is 10.8 Å². The van der Waals surface area contributed by atoms with E-state index in [2.05, 4.69) is 0 Å². The van der Waals surface area contributed by atoms with E-state index in [1.165, 1.54) is 12.3 Å². The van der Waals surface area contributed by atoms with Gasteiger partial charge in [-0.3, -0.25) is 4.21 Å². The molecule has 1 unspecified atom stereocenters. The molecule has 1 nitrogen and oxygen atoms in total. The molecular formula is C7H6F2OS. The van der Waals surface area contributed by atoms with Gasteiger partial charge in [-0.25, -0.2) is 8.78 Å². The highest BCUT2D eigenvalue weighted by Crippen LogP contribution is 2.14. The van der Waals surface area contributed by atoms with Crippen molar-refractivity contribution in [2.75, 3.05) is 6.26 Å². The van der Waals surface area contributed by atoms with Crippen molar-refractivity contribution in [3.05, 3.63) is 29.8 Å². The Morgan fingerprint density at radius 2 is 1.73 bits per heavy atom. The van der Waals surface area contributed by atoms with E-state index in [0.717, 1.165) is 12.1 Å². The van der Waals surface area contributed by atoms with Crippen molar-refractivity contribution in [3.8, 4) is 0 Å². The molecule has 1 aromatic carbocycles. The van der Waals surface area contributed by atoms with Gasteiger partial charge in [0.05, 0.1) is 10.8 Å². The number of hydrogen-bond donors (Lipinski definition) is 0. The normalized spacial score (nSPS) is 13.0. The molecule has 0 bridgehead atoms. The maximum Gasteiger partial charge on any atom is 0.142 e. The summed E-state index contributed by atoms with van der Waals surface area (Å²) in [6.07, 6.45) is 1.24. The lowest BCUT2D eigenvalue weighted by Gasteiger charge is -1.98. The van der Waals surface area contributed by atoms with E-state index < -0.39 is 22.4 Å². The second-order valence-corrected chi connectivity index (χ2v) is 3.32. The fraction of sp³-hybridized carbons (Fsp3) is 0.143. The molecule has 0 radical (unpaired) electrons. The Balaban J connectivity index is 3.32. The predicted molar refractivity (Wildman–Crippen MR) is 38.7 cm³/mol.